The number of aromatic nitrogens is 6. The van der Waals surface area contributed by atoms with Crippen LogP contribution in [-0.4, -0.2) is 133 Å². The number of amides is 3. The van der Waals surface area contributed by atoms with E-state index in [0.717, 1.165) is 36.2 Å². The van der Waals surface area contributed by atoms with E-state index in [1.165, 1.54) is 48.3 Å². The van der Waals surface area contributed by atoms with E-state index in [1.807, 2.05) is 12.1 Å². The fourth-order valence-corrected chi connectivity index (χ4v) is 8.92. The van der Waals surface area contributed by atoms with Gasteiger partial charge in [-0.15, -0.1) is 0 Å². The van der Waals surface area contributed by atoms with Crippen molar-refractivity contribution in [2.24, 2.45) is 18.9 Å². The molecule has 0 bridgehead atoms. The Bertz CT molecular complexity index is 2510. The van der Waals surface area contributed by atoms with Crippen LogP contribution in [0.2, 0.25) is 5.02 Å². The van der Waals surface area contributed by atoms with E-state index in [4.69, 9.17) is 11.6 Å². The zero-order chi connectivity index (χ0) is 45.2. The van der Waals surface area contributed by atoms with E-state index in [9.17, 15) is 37.5 Å². The topological polar surface area (TPSA) is 195 Å². The van der Waals surface area contributed by atoms with Crippen molar-refractivity contribution in [3.63, 3.8) is 0 Å². The van der Waals surface area contributed by atoms with Crippen LogP contribution in [-0.2, 0) is 29.4 Å². The van der Waals surface area contributed by atoms with E-state index in [2.05, 4.69) is 36.0 Å². The number of anilines is 2. The molecule has 7 heterocycles. The molecule has 8 rings (SSSR count). The molecule has 3 N–H and O–H groups in total. The molecule has 3 aliphatic rings. The van der Waals surface area contributed by atoms with Crippen molar-refractivity contribution in [1.29, 1.82) is 0 Å². The van der Waals surface area contributed by atoms with Crippen LogP contribution in [0, 0.1) is 11.8 Å². The molecule has 0 radical (unpaired) electrons. The summed E-state index contributed by atoms with van der Waals surface area (Å²) in [7, 11) is 1.41. The summed E-state index contributed by atoms with van der Waals surface area (Å²) in [6.45, 7) is 5.34. The predicted octanol–water partition coefficient (Wildman–Crippen LogP) is 3.08. The lowest BCUT2D eigenvalue weighted by molar-refractivity contribution is -0.931. The number of alkyl halides is 3. The molecule has 0 saturated carbocycles. The van der Waals surface area contributed by atoms with Crippen molar-refractivity contribution >= 4 is 46.7 Å². The lowest BCUT2D eigenvalue weighted by Gasteiger charge is -2.47. The van der Waals surface area contributed by atoms with Crippen molar-refractivity contribution in [2.45, 2.75) is 25.6 Å². The maximum atomic E-state index is 14.3. The summed E-state index contributed by atoms with van der Waals surface area (Å²) >= 11 is 6.57. The molecular weight excluding hydrogens is 857 g/mol. The Hall–Kier alpha value is -6.38. The Labute approximate surface area is 370 Å². The van der Waals surface area contributed by atoms with Crippen molar-refractivity contribution < 1.29 is 41.9 Å². The van der Waals surface area contributed by atoms with Crippen molar-refractivity contribution in [3.05, 3.63) is 101 Å². The maximum Gasteiger partial charge on any atom is 0.435 e. The predicted molar refractivity (Wildman–Crippen MR) is 226 cm³/mol. The highest BCUT2D eigenvalue weighted by atomic mass is 35.5. The fourth-order valence-electron chi connectivity index (χ4n) is 8.66. The van der Waals surface area contributed by atoms with Crippen molar-refractivity contribution in [2.75, 3.05) is 76.1 Å². The summed E-state index contributed by atoms with van der Waals surface area (Å²) in [6.07, 6.45) is 1.81. The first kappa shape index (κ1) is 44.2. The first-order chi connectivity index (χ1) is 30.7. The minimum absolute atomic E-state index is 0.0159. The number of carbonyl (C=O) groups is 4. The number of imidazole rings is 1. The number of carbonyl (C=O) groups excluding carboxylic acids is 4. The third kappa shape index (κ3) is 9.73. The second-order valence-electron chi connectivity index (χ2n) is 16.5. The molecule has 0 unspecified atom stereocenters. The van der Waals surface area contributed by atoms with E-state index in [-0.39, 0.29) is 76.5 Å². The van der Waals surface area contributed by atoms with Crippen LogP contribution in [0.25, 0.3) is 17.1 Å². The zero-order valence-corrected chi connectivity index (χ0v) is 35.6. The maximum absolute atomic E-state index is 14.3. The number of piperidine rings is 1. The molecule has 17 nitrogen and oxygen atoms in total. The number of aliphatic carboxylic acids is 1. The highest BCUT2D eigenvalue weighted by molar-refractivity contribution is 6.34. The van der Waals surface area contributed by atoms with Crippen molar-refractivity contribution in [3.8, 4) is 17.1 Å². The molecule has 1 aromatic carbocycles. The number of benzene rings is 1. The minimum atomic E-state index is -4.85. The van der Waals surface area contributed by atoms with Crippen LogP contribution in [0.15, 0.2) is 73.3 Å². The summed E-state index contributed by atoms with van der Waals surface area (Å²) < 4.78 is 45.7. The van der Waals surface area contributed by atoms with E-state index < -0.39 is 23.7 Å². The number of halogens is 4. The van der Waals surface area contributed by atoms with Crippen molar-refractivity contribution in [1.82, 2.24) is 44.4 Å². The lowest BCUT2D eigenvalue weighted by atomic mass is 9.90. The molecule has 336 valence electrons. The third-order valence-electron chi connectivity index (χ3n) is 12.2. The standard InChI is InChI=1S/C43H46ClF3N12O5/c1-55-35(33-24-58(54-38(33)43(45,46)47)36-8-6-31(22-51-36)50-21-30-4-2-3-11-49-30)23-52-39(55)40(62)53-29-5-7-32(34(44)18-29)42(64)57-14-12-56(13-15-57)41(63)28-9-16-59(17-10-28,26-37(60)61)25-27-19-48-20-27/h2-8,11,18,22-24,27-28,48,50H,9-10,12-17,19-21,25-26H2,1H3,(H-,53,60,61,62,64). The summed E-state index contributed by atoms with van der Waals surface area (Å²) in [6, 6.07) is 13.1. The highest BCUT2D eigenvalue weighted by Gasteiger charge is 2.42. The van der Waals surface area contributed by atoms with E-state index in [1.54, 1.807) is 28.1 Å². The Morgan fingerprint density at radius 1 is 0.938 bits per heavy atom. The number of quaternary nitrogens is 1. The Morgan fingerprint density at radius 2 is 1.67 bits per heavy atom. The number of hydrogen-bond donors (Lipinski definition) is 3. The quantitative estimate of drug-likeness (QED) is 0.147. The molecule has 5 aromatic rings. The fraction of sp³-hybridized carbons (Fsp3) is 0.395. The van der Waals surface area contributed by atoms with E-state index >= 15 is 0 Å². The molecule has 3 aliphatic heterocycles. The van der Waals surface area contributed by atoms with Gasteiger partial charge in [-0.05, 0) is 42.5 Å². The van der Waals surface area contributed by atoms with E-state index in [0.29, 0.717) is 61.7 Å². The third-order valence-corrected chi connectivity index (χ3v) is 12.5. The zero-order valence-electron chi connectivity index (χ0n) is 34.9. The Morgan fingerprint density at radius 3 is 2.30 bits per heavy atom. The molecule has 0 atom stereocenters. The SMILES string of the molecule is Cn1c(-c2cn(-c3ccc(NCc4ccccn4)cn3)nc2C(F)(F)F)cnc1C(=O)Nc1ccc(C(=O)N2CCN(C(=O)C3CC[N+](CC(=O)[O-])(CC4CNC4)CC3)CC2)c(Cl)c1. The Kier molecular flexibility index (Phi) is 12.7. The van der Waals surface area contributed by atoms with Gasteiger partial charge in [0.15, 0.2) is 17.3 Å². The second kappa shape index (κ2) is 18.4. The van der Waals surface area contributed by atoms with Gasteiger partial charge in [0.05, 0.1) is 77.8 Å². The van der Waals surface area contributed by atoms with Gasteiger partial charge < -0.3 is 44.7 Å². The number of likely N-dealkylation sites (tertiary alicyclic amines) is 1. The average Bonchev–Trinajstić information content (AvgIpc) is 3.89. The van der Waals surface area contributed by atoms with Gasteiger partial charge >= 0.3 is 6.18 Å². The number of nitrogens with one attached hydrogen (secondary N) is 3. The molecule has 4 aromatic heterocycles. The number of nitrogens with zero attached hydrogens (tertiary/aromatic N) is 9. The largest absolute Gasteiger partial charge is 0.544 e. The normalized spacial score (nSPS) is 19.2. The monoisotopic (exact) mass is 902 g/mol. The average molecular weight is 903 g/mol. The van der Waals surface area contributed by atoms with Gasteiger partial charge in [0.25, 0.3) is 11.8 Å². The first-order valence-corrected chi connectivity index (χ1v) is 21.3. The summed E-state index contributed by atoms with van der Waals surface area (Å²) in [5, 5.41) is 24.5. The molecule has 3 fully saturated rings. The first-order valence-electron chi connectivity index (χ1n) is 20.9. The number of carboxylic acid groups (broad SMARTS) is 1. The minimum Gasteiger partial charge on any atom is -0.544 e. The van der Waals surface area contributed by atoms with Gasteiger partial charge in [-0.2, -0.15) is 18.3 Å². The number of rotatable bonds is 13. The number of piperazine rings is 1. The van der Waals surface area contributed by atoms with Crippen LogP contribution in [0.3, 0.4) is 0 Å². The Balaban J connectivity index is 0.869. The van der Waals surface area contributed by atoms with Gasteiger partial charge in [0, 0.05) is 89.1 Å². The van der Waals surface area contributed by atoms with Gasteiger partial charge in [0.2, 0.25) is 5.91 Å². The van der Waals surface area contributed by atoms with Gasteiger partial charge in [-0.25, -0.2) is 14.6 Å². The number of carboxylic acids is 1. The van der Waals surface area contributed by atoms with Crippen LogP contribution < -0.4 is 21.1 Å². The van der Waals surface area contributed by atoms with Gasteiger partial charge in [-0.1, -0.05) is 17.7 Å². The molecule has 21 heteroatoms. The number of hydrogen-bond acceptors (Lipinski definition) is 11. The molecule has 0 spiro atoms. The van der Waals surface area contributed by atoms with Crippen LogP contribution >= 0.6 is 11.6 Å². The van der Waals surface area contributed by atoms with Crippen LogP contribution in [0.5, 0.6) is 0 Å². The molecule has 3 saturated heterocycles. The van der Waals surface area contributed by atoms with Gasteiger partial charge in [-0.3, -0.25) is 19.4 Å². The summed E-state index contributed by atoms with van der Waals surface area (Å²) in [4.78, 5) is 68.2. The summed E-state index contributed by atoms with van der Waals surface area (Å²) in [5.74, 6) is -2.00. The number of pyridine rings is 2. The smallest absolute Gasteiger partial charge is 0.435 e. The molecule has 64 heavy (non-hydrogen) atoms. The molecular formula is C43H46ClF3N12O5. The second-order valence-corrected chi connectivity index (χ2v) is 16.9. The van der Waals surface area contributed by atoms with Crippen LogP contribution in [0.4, 0.5) is 24.5 Å². The van der Waals surface area contributed by atoms with Crippen LogP contribution in [0.1, 0.15) is 45.2 Å². The summed E-state index contributed by atoms with van der Waals surface area (Å²) in [5.41, 5.74) is 0.297. The lowest BCUT2D eigenvalue weighted by Crippen LogP contribution is -2.63. The molecule has 0 aliphatic carbocycles. The van der Waals surface area contributed by atoms with Gasteiger partial charge in [0.1, 0.15) is 6.54 Å². The molecule has 3 amide bonds. The highest BCUT2D eigenvalue weighted by Crippen LogP contribution is 2.37.